The molecule has 0 aliphatic carbocycles. The third kappa shape index (κ3) is 1.62. The van der Waals surface area contributed by atoms with Gasteiger partial charge in [0.2, 0.25) is 6.08 Å². The number of hydrogen-bond donors (Lipinski definition) is 1. The molecule has 0 amide bonds. The highest BCUT2D eigenvalue weighted by atomic mass is 16.5. The predicted molar refractivity (Wildman–Crippen MR) is 42.4 cm³/mol. The molecule has 1 aromatic rings. The number of phenols is 1. The third-order valence-electron chi connectivity index (χ3n) is 1.35. The smallest absolute Gasteiger partial charge is 0.240 e. The highest BCUT2D eigenvalue weighted by Crippen LogP contribution is 2.29. The fraction of sp³-hybridized carbons (Fsp3) is 0.125. The summed E-state index contributed by atoms with van der Waals surface area (Å²) in [4.78, 5) is 13.1. The van der Waals surface area contributed by atoms with Crippen LogP contribution in [-0.4, -0.2) is 18.3 Å². The number of aromatic hydroxyl groups is 1. The fourth-order valence-electron chi connectivity index (χ4n) is 0.774. The lowest BCUT2D eigenvalue weighted by Gasteiger charge is -2.00. The van der Waals surface area contributed by atoms with Crippen LogP contribution in [0.5, 0.6) is 11.5 Å². The van der Waals surface area contributed by atoms with Crippen molar-refractivity contribution in [1.82, 2.24) is 0 Å². The van der Waals surface area contributed by atoms with E-state index in [4.69, 9.17) is 4.74 Å². The maximum atomic E-state index is 9.85. The van der Waals surface area contributed by atoms with Gasteiger partial charge in [0.05, 0.1) is 7.11 Å². The first-order valence-corrected chi connectivity index (χ1v) is 3.23. The van der Waals surface area contributed by atoms with E-state index < -0.39 is 0 Å². The largest absolute Gasteiger partial charge is 0.506 e. The Morgan fingerprint density at radius 3 is 2.83 bits per heavy atom. The topological polar surface area (TPSA) is 58.9 Å². The van der Waals surface area contributed by atoms with Crippen molar-refractivity contribution in [2.45, 2.75) is 0 Å². The number of isocyanates is 1. The van der Waals surface area contributed by atoms with Crippen LogP contribution in [0.3, 0.4) is 0 Å². The van der Waals surface area contributed by atoms with Crippen molar-refractivity contribution in [1.29, 1.82) is 0 Å². The minimum atomic E-state index is -0.0994. The molecule has 1 rings (SSSR count). The van der Waals surface area contributed by atoms with Crippen LogP contribution in [0, 0.1) is 0 Å². The van der Waals surface area contributed by atoms with Gasteiger partial charge in [0.1, 0.15) is 17.2 Å². The minimum Gasteiger partial charge on any atom is -0.506 e. The van der Waals surface area contributed by atoms with Gasteiger partial charge in [-0.2, -0.15) is 4.99 Å². The van der Waals surface area contributed by atoms with E-state index in [0.717, 1.165) is 0 Å². The highest BCUT2D eigenvalue weighted by Gasteiger charge is 2.00. The second kappa shape index (κ2) is 3.55. The summed E-state index contributed by atoms with van der Waals surface area (Å²) in [5.74, 6) is 0.412. The number of ether oxygens (including phenoxy) is 1. The summed E-state index contributed by atoms with van der Waals surface area (Å²) in [6.07, 6.45) is 1.34. The van der Waals surface area contributed by atoms with Gasteiger partial charge in [-0.15, -0.1) is 0 Å². The SMILES string of the molecule is COc1ccc(N=C=O)c(O)c1. The van der Waals surface area contributed by atoms with E-state index in [2.05, 4.69) is 4.99 Å². The molecule has 0 bridgehead atoms. The van der Waals surface area contributed by atoms with Gasteiger partial charge in [0.15, 0.2) is 0 Å². The molecule has 0 aromatic heterocycles. The Morgan fingerprint density at radius 2 is 2.33 bits per heavy atom. The molecular formula is C8H7NO3. The van der Waals surface area contributed by atoms with Gasteiger partial charge in [-0.05, 0) is 12.1 Å². The number of hydrogen-bond acceptors (Lipinski definition) is 4. The number of benzene rings is 1. The summed E-state index contributed by atoms with van der Waals surface area (Å²) in [6, 6.07) is 4.44. The van der Waals surface area contributed by atoms with E-state index in [1.165, 1.54) is 25.3 Å². The van der Waals surface area contributed by atoms with Crippen molar-refractivity contribution in [2.24, 2.45) is 4.99 Å². The summed E-state index contributed by atoms with van der Waals surface area (Å²) in [6.45, 7) is 0. The van der Waals surface area contributed by atoms with Crippen molar-refractivity contribution in [3.63, 3.8) is 0 Å². The van der Waals surface area contributed by atoms with E-state index in [1.807, 2.05) is 0 Å². The Bertz CT molecular complexity index is 329. The van der Waals surface area contributed by atoms with Crippen LogP contribution in [0.1, 0.15) is 0 Å². The van der Waals surface area contributed by atoms with Crippen LogP contribution < -0.4 is 4.74 Å². The van der Waals surface area contributed by atoms with Crippen LogP contribution >= 0.6 is 0 Å². The van der Waals surface area contributed by atoms with E-state index in [-0.39, 0.29) is 11.4 Å². The lowest BCUT2D eigenvalue weighted by Crippen LogP contribution is -1.80. The van der Waals surface area contributed by atoms with Crippen molar-refractivity contribution >= 4 is 11.8 Å². The van der Waals surface area contributed by atoms with Gasteiger partial charge < -0.3 is 9.84 Å². The second-order valence-electron chi connectivity index (χ2n) is 2.06. The van der Waals surface area contributed by atoms with Gasteiger partial charge in [0, 0.05) is 6.07 Å². The average molecular weight is 165 g/mol. The van der Waals surface area contributed by atoms with Crippen molar-refractivity contribution in [3.8, 4) is 11.5 Å². The quantitative estimate of drug-likeness (QED) is 0.531. The normalized spacial score (nSPS) is 8.75. The maximum Gasteiger partial charge on any atom is 0.240 e. The number of methoxy groups -OCH3 is 1. The van der Waals surface area contributed by atoms with Crippen LogP contribution in [0.4, 0.5) is 5.69 Å². The molecule has 0 spiro atoms. The zero-order valence-electron chi connectivity index (χ0n) is 6.44. The molecule has 0 heterocycles. The Labute approximate surface area is 69.1 Å². The Kier molecular flexibility index (Phi) is 2.46. The Morgan fingerprint density at radius 1 is 1.58 bits per heavy atom. The molecule has 0 unspecified atom stereocenters. The molecule has 0 fully saturated rings. The fourth-order valence-corrected chi connectivity index (χ4v) is 0.774. The Balaban J connectivity index is 3.11. The summed E-state index contributed by atoms with van der Waals surface area (Å²) in [7, 11) is 1.48. The highest BCUT2D eigenvalue weighted by molar-refractivity contribution is 5.58. The van der Waals surface area contributed by atoms with Gasteiger partial charge >= 0.3 is 0 Å². The predicted octanol–water partition coefficient (Wildman–Crippen LogP) is 1.37. The van der Waals surface area contributed by atoms with Gasteiger partial charge in [-0.1, -0.05) is 0 Å². The molecule has 4 nitrogen and oxygen atoms in total. The van der Waals surface area contributed by atoms with E-state index >= 15 is 0 Å². The molecule has 1 aromatic carbocycles. The summed E-state index contributed by atoms with van der Waals surface area (Å²) < 4.78 is 4.83. The molecule has 62 valence electrons. The van der Waals surface area contributed by atoms with E-state index in [0.29, 0.717) is 5.75 Å². The lowest BCUT2D eigenvalue weighted by atomic mass is 10.3. The molecule has 0 saturated heterocycles. The van der Waals surface area contributed by atoms with Crippen molar-refractivity contribution in [3.05, 3.63) is 18.2 Å². The summed E-state index contributed by atoms with van der Waals surface area (Å²) >= 11 is 0. The number of carbonyl (C=O) groups excluding carboxylic acids is 1. The second-order valence-corrected chi connectivity index (χ2v) is 2.06. The zero-order chi connectivity index (χ0) is 8.97. The molecule has 0 aliphatic rings. The van der Waals surface area contributed by atoms with Gasteiger partial charge in [-0.25, -0.2) is 4.79 Å². The van der Waals surface area contributed by atoms with Gasteiger partial charge in [-0.3, -0.25) is 0 Å². The lowest BCUT2D eigenvalue weighted by molar-refractivity contribution is 0.408. The van der Waals surface area contributed by atoms with E-state index in [1.54, 1.807) is 6.07 Å². The third-order valence-corrected chi connectivity index (χ3v) is 1.35. The molecule has 12 heavy (non-hydrogen) atoms. The van der Waals surface area contributed by atoms with Crippen LogP contribution in [-0.2, 0) is 4.79 Å². The first-order chi connectivity index (χ1) is 5.77. The minimum absolute atomic E-state index is 0.0994. The number of aliphatic imine (C=N–C) groups is 1. The van der Waals surface area contributed by atoms with Crippen LogP contribution in [0.15, 0.2) is 23.2 Å². The molecule has 0 radical (unpaired) electrons. The first kappa shape index (κ1) is 8.30. The molecule has 4 heteroatoms. The van der Waals surface area contributed by atoms with Crippen LogP contribution in [0.25, 0.3) is 0 Å². The molecular weight excluding hydrogens is 158 g/mol. The van der Waals surface area contributed by atoms with Crippen LogP contribution in [0.2, 0.25) is 0 Å². The first-order valence-electron chi connectivity index (χ1n) is 3.23. The Hall–Kier alpha value is -1.80. The molecule has 0 atom stereocenters. The molecule has 0 aliphatic heterocycles. The number of phenolic OH excluding ortho intramolecular Hbond substituents is 1. The summed E-state index contributed by atoms with van der Waals surface area (Å²) in [5.41, 5.74) is 0.186. The summed E-state index contributed by atoms with van der Waals surface area (Å²) in [5, 5.41) is 9.20. The molecule has 1 N–H and O–H groups in total. The number of nitrogens with zero attached hydrogens (tertiary/aromatic N) is 1. The zero-order valence-corrected chi connectivity index (χ0v) is 6.44. The average Bonchev–Trinajstić information content (AvgIpc) is 2.09. The standard InChI is InChI=1S/C8H7NO3/c1-12-6-2-3-7(9-5-10)8(11)4-6/h2-4,11H,1H3. The van der Waals surface area contributed by atoms with Crippen molar-refractivity contribution in [2.75, 3.05) is 7.11 Å². The number of rotatable bonds is 2. The van der Waals surface area contributed by atoms with E-state index in [9.17, 15) is 9.90 Å². The monoisotopic (exact) mass is 165 g/mol. The maximum absolute atomic E-state index is 9.85. The van der Waals surface area contributed by atoms with Crippen molar-refractivity contribution < 1.29 is 14.6 Å². The molecule has 0 saturated carbocycles. The van der Waals surface area contributed by atoms with Gasteiger partial charge in [0.25, 0.3) is 0 Å².